The Kier molecular flexibility index (Phi) is 5.88. The molecule has 1 aliphatic heterocycles. The highest BCUT2D eigenvalue weighted by Gasteiger charge is 2.48. The van der Waals surface area contributed by atoms with Gasteiger partial charge in [-0.05, 0) is 31.5 Å². The topological polar surface area (TPSA) is 122 Å². The van der Waals surface area contributed by atoms with Crippen LogP contribution in [0.25, 0.3) is 22.2 Å². The number of para-hydroxylation sites is 1. The first-order chi connectivity index (χ1) is 18.4. The number of anilines is 1. The number of hydrogen-bond acceptors (Lipinski definition) is 7. The summed E-state index contributed by atoms with van der Waals surface area (Å²) in [5, 5.41) is 8.69. The van der Waals surface area contributed by atoms with Crippen molar-refractivity contribution in [3.05, 3.63) is 81.9 Å². The van der Waals surface area contributed by atoms with Gasteiger partial charge in [0.05, 0.1) is 28.3 Å². The number of nitrogens with zero attached hydrogens (tertiary/aromatic N) is 6. The highest BCUT2D eigenvalue weighted by molar-refractivity contribution is 6.33. The van der Waals surface area contributed by atoms with Crippen LogP contribution in [-0.2, 0) is 10.3 Å². The standard InChI is InChI=1S/C26H25ClN8O3/c1-26(25-32-34-11-8-18(27)20(34)24(37)35(25)16-6-4-3-5-7-16)9-12-33(26)22-19-17(23(36)28-10-13-38-2)14-29-21(19)30-15-31-22/h3-8,11,14-15H,9-10,12-13H2,1-2H3,(H,28,36)(H,29,30,31). The van der Waals surface area contributed by atoms with Crippen LogP contribution < -0.4 is 15.8 Å². The Bertz CT molecular complexity index is 1730. The van der Waals surface area contributed by atoms with Crippen LogP contribution in [0.2, 0.25) is 5.02 Å². The Balaban J connectivity index is 1.51. The maximum Gasteiger partial charge on any atom is 0.284 e. The highest BCUT2D eigenvalue weighted by atomic mass is 35.5. The van der Waals surface area contributed by atoms with Crippen molar-refractivity contribution in [1.82, 2.24) is 34.4 Å². The quantitative estimate of drug-likeness (QED) is 0.309. The molecule has 0 aliphatic carbocycles. The van der Waals surface area contributed by atoms with Gasteiger partial charge in [0.15, 0.2) is 5.82 Å². The molecule has 11 nitrogen and oxygen atoms in total. The summed E-state index contributed by atoms with van der Waals surface area (Å²) < 4.78 is 8.19. The summed E-state index contributed by atoms with van der Waals surface area (Å²) in [6, 6.07) is 11.0. The number of benzene rings is 1. The molecule has 1 fully saturated rings. The number of aromatic nitrogens is 6. The Morgan fingerprint density at radius 1 is 1.24 bits per heavy atom. The van der Waals surface area contributed by atoms with Crippen LogP contribution in [0.3, 0.4) is 0 Å². The van der Waals surface area contributed by atoms with Gasteiger partial charge in [-0.15, -0.1) is 0 Å². The van der Waals surface area contributed by atoms with Crippen molar-refractivity contribution < 1.29 is 9.53 Å². The Labute approximate surface area is 222 Å². The number of ether oxygens (including phenoxy) is 1. The molecule has 194 valence electrons. The minimum Gasteiger partial charge on any atom is -0.383 e. The second-order valence-electron chi connectivity index (χ2n) is 9.30. The lowest BCUT2D eigenvalue weighted by Gasteiger charge is -2.51. The van der Waals surface area contributed by atoms with Gasteiger partial charge in [-0.2, -0.15) is 5.10 Å². The van der Waals surface area contributed by atoms with Gasteiger partial charge in [-0.1, -0.05) is 29.8 Å². The molecule has 1 amide bonds. The average molecular weight is 533 g/mol. The molecule has 1 unspecified atom stereocenters. The molecular weight excluding hydrogens is 508 g/mol. The van der Waals surface area contributed by atoms with Gasteiger partial charge in [0.2, 0.25) is 0 Å². The number of fused-ring (bicyclic) bond motifs is 2. The fraction of sp³-hybridized carbons (Fsp3) is 0.269. The van der Waals surface area contributed by atoms with Crippen LogP contribution in [0.5, 0.6) is 0 Å². The van der Waals surface area contributed by atoms with Crippen molar-refractivity contribution in [2.75, 3.05) is 31.7 Å². The first kappa shape index (κ1) is 24.1. The number of hydrogen-bond donors (Lipinski definition) is 2. The summed E-state index contributed by atoms with van der Waals surface area (Å²) >= 11 is 6.37. The zero-order valence-corrected chi connectivity index (χ0v) is 21.6. The van der Waals surface area contributed by atoms with E-state index in [4.69, 9.17) is 21.4 Å². The number of aromatic amines is 1. The molecule has 5 heterocycles. The lowest BCUT2D eigenvalue weighted by Crippen LogP contribution is -2.58. The largest absolute Gasteiger partial charge is 0.383 e. The lowest BCUT2D eigenvalue weighted by atomic mass is 9.85. The summed E-state index contributed by atoms with van der Waals surface area (Å²) in [4.78, 5) is 40.9. The zero-order chi connectivity index (χ0) is 26.4. The molecule has 0 bridgehead atoms. The summed E-state index contributed by atoms with van der Waals surface area (Å²) in [5.74, 6) is 0.865. The Hall–Kier alpha value is -4.22. The molecule has 2 N–H and O–H groups in total. The number of H-pyrrole nitrogens is 1. The minimum absolute atomic E-state index is 0.255. The first-order valence-electron chi connectivity index (χ1n) is 12.2. The maximum absolute atomic E-state index is 13.8. The predicted octanol–water partition coefficient (Wildman–Crippen LogP) is 2.91. The Morgan fingerprint density at radius 3 is 2.79 bits per heavy atom. The van der Waals surface area contributed by atoms with E-state index in [2.05, 4.69) is 25.2 Å². The molecule has 0 saturated carbocycles. The van der Waals surface area contributed by atoms with Crippen LogP contribution in [0.15, 0.2) is 59.9 Å². The normalized spacial score (nSPS) is 17.2. The number of rotatable bonds is 7. The smallest absolute Gasteiger partial charge is 0.284 e. The lowest BCUT2D eigenvalue weighted by molar-refractivity contribution is 0.0938. The van der Waals surface area contributed by atoms with Gasteiger partial charge in [0, 0.05) is 32.6 Å². The van der Waals surface area contributed by atoms with Gasteiger partial charge in [-0.25, -0.2) is 14.5 Å². The van der Waals surface area contributed by atoms with Crippen molar-refractivity contribution in [1.29, 1.82) is 0 Å². The van der Waals surface area contributed by atoms with Crippen LogP contribution in [-0.4, -0.2) is 61.8 Å². The molecule has 4 aromatic heterocycles. The third kappa shape index (κ3) is 3.65. The van der Waals surface area contributed by atoms with E-state index in [1.54, 1.807) is 30.1 Å². The van der Waals surface area contributed by atoms with E-state index in [0.29, 0.717) is 70.6 Å². The summed E-state index contributed by atoms with van der Waals surface area (Å²) in [7, 11) is 1.58. The number of carbonyl (C=O) groups is 1. The molecule has 6 rings (SSSR count). The van der Waals surface area contributed by atoms with Gasteiger partial charge >= 0.3 is 0 Å². The molecule has 1 saturated heterocycles. The van der Waals surface area contributed by atoms with E-state index in [0.717, 1.165) is 0 Å². The molecule has 38 heavy (non-hydrogen) atoms. The van der Waals surface area contributed by atoms with Gasteiger partial charge < -0.3 is 19.9 Å². The summed E-state index contributed by atoms with van der Waals surface area (Å²) in [6.45, 7) is 3.44. The van der Waals surface area contributed by atoms with Gasteiger partial charge in [-0.3, -0.25) is 14.2 Å². The predicted molar refractivity (Wildman–Crippen MR) is 143 cm³/mol. The van der Waals surface area contributed by atoms with E-state index in [1.807, 2.05) is 37.3 Å². The molecule has 1 aromatic carbocycles. The number of methoxy groups -OCH3 is 1. The van der Waals surface area contributed by atoms with Crippen LogP contribution in [0.1, 0.15) is 29.5 Å². The third-order valence-electron chi connectivity index (χ3n) is 7.09. The van der Waals surface area contributed by atoms with Gasteiger partial charge in [0.1, 0.15) is 28.8 Å². The van der Waals surface area contributed by atoms with Crippen LogP contribution in [0.4, 0.5) is 5.82 Å². The second kappa shape index (κ2) is 9.26. The summed E-state index contributed by atoms with van der Waals surface area (Å²) in [5.41, 5.74) is 0.975. The molecule has 12 heteroatoms. The molecule has 1 atom stereocenters. The number of amides is 1. The van der Waals surface area contributed by atoms with Crippen molar-refractivity contribution in [3.8, 4) is 5.69 Å². The van der Waals surface area contributed by atoms with E-state index in [-0.39, 0.29) is 11.5 Å². The van der Waals surface area contributed by atoms with E-state index in [1.165, 1.54) is 10.8 Å². The van der Waals surface area contributed by atoms with Crippen LogP contribution in [0, 0.1) is 0 Å². The fourth-order valence-corrected chi connectivity index (χ4v) is 5.24. The van der Waals surface area contributed by atoms with E-state index in [9.17, 15) is 9.59 Å². The fourth-order valence-electron chi connectivity index (χ4n) is 5.02. The molecule has 0 spiro atoms. The first-order valence-corrected chi connectivity index (χ1v) is 12.5. The highest BCUT2D eigenvalue weighted by Crippen LogP contribution is 2.44. The number of nitrogens with one attached hydrogen (secondary N) is 2. The third-order valence-corrected chi connectivity index (χ3v) is 7.40. The number of halogens is 1. The minimum atomic E-state index is -0.720. The SMILES string of the molecule is COCCNC(=O)c1c[nH]c2ncnc(N3CCC3(C)c3nn4ccc(Cl)c4c(=O)n3-c3ccccc3)c12. The van der Waals surface area contributed by atoms with E-state index >= 15 is 0 Å². The zero-order valence-electron chi connectivity index (χ0n) is 20.8. The summed E-state index contributed by atoms with van der Waals surface area (Å²) in [6.07, 6.45) is 5.49. The number of carbonyl (C=O) groups excluding carboxylic acids is 1. The molecule has 5 aromatic rings. The van der Waals surface area contributed by atoms with E-state index < -0.39 is 5.54 Å². The Morgan fingerprint density at radius 2 is 2.05 bits per heavy atom. The van der Waals surface area contributed by atoms with Crippen LogP contribution >= 0.6 is 11.6 Å². The van der Waals surface area contributed by atoms with Crippen molar-refractivity contribution in [2.24, 2.45) is 0 Å². The average Bonchev–Trinajstić information content (AvgIpc) is 3.52. The maximum atomic E-state index is 13.8. The molecular formula is C26H25ClN8O3. The van der Waals surface area contributed by atoms with Crippen molar-refractivity contribution in [2.45, 2.75) is 18.9 Å². The second-order valence-corrected chi connectivity index (χ2v) is 9.71. The monoisotopic (exact) mass is 532 g/mol. The van der Waals surface area contributed by atoms with Gasteiger partial charge in [0.25, 0.3) is 11.5 Å². The van der Waals surface area contributed by atoms with Crippen molar-refractivity contribution in [3.63, 3.8) is 0 Å². The molecule has 1 aliphatic rings. The molecule has 0 radical (unpaired) electrons. The van der Waals surface area contributed by atoms with Crippen molar-refractivity contribution >= 4 is 39.9 Å².